The third-order valence-corrected chi connectivity index (χ3v) is 3.34. The Morgan fingerprint density at radius 2 is 2.00 bits per heavy atom. The highest BCUT2D eigenvalue weighted by Gasteiger charge is 2.09. The molecule has 1 nitrogen and oxygen atoms in total. The standard InChI is InChI=1S/C13H7BrClFO/c14-11-3-1-2-10(13(11)16)8-4-5-12(15)9(6-8)7-17/h1-7H. The molecular weight excluding hydrogens is 306 g/mol. The molecule has 0 radical (unpaired) electrons. The molecule has 2 aromatic rings. The Hall–Kier alpha value is -1.19. The lowest BCUT2D eigenvalue weighted by Gasteiger charge is -2.06. The van der Waals surface area contributed by atoms with E-state index in [2.05, 4.69) is 15.9 Å². The first-order chi connectivity index (χ1) is 8.13. The smallest absolute Gasteiger partial charge is 0.151 e. The summed E-state index contributed by atoms with van der Waals surface area (Å²) in [5, 5.41) is 0.360. The summed E-state index contributed by atoms with van der Waals surface area (Å²) >= 11 is 8.94. The average molecular weight is 314 g/mol. The molecule has 0 aliphatic heterocycles. The quantitative estimate of drug-likeness (QED) is 0.733. The van der Waals surface area contributed by atoms with Crippen LogP contribution in [0.1, 0.15) is 10.4 Å². The summed E-state index contributed by atoms with van der Waals surface area (Å²) in [4.78, 5) is 10.8. The molecular formula is C13H7BrClFO. The minimum atomic E-state index is -0.355. The molecule has 0 saturated heterocycles. The fraction of sp³-hybridized carbons (Fsp3) is 0. The Kier molecular flexibility index (Phi) is 3.60. The van der Waals surface area contributed by atoms with Crippen molar-refractivity contribution in [3.63, 3.8) is 0 Å². The van der Waals surface area contributed by atoms with Gasteiger partial charge in [0.15, 0.2) is 6.29 Å². The maximum Gasteiger partial charge on any atom is 0.151 e. The number of benzene rings is 2. The van der Waals surface area contributed by atoms with Crippen molar-refractivity contribution in [1.29, 1.82) is 0 Å². The SMILES string of the molecule is O=Cc1cc(-c2cccc(Br)c2F)ccc1Cl. The van der Waals surface area contributed by atoms with E-state index < -0.39 is 0 Å². The van der Waals surface area contributed by atoms with Gasteiger partial charge in [-0.15, -0.1) is 0 Å². The number of hydrogen-bond acceptors (Lipinski definition) is 1. The zero-order valence-corrected chi connectivity index (χ0v) is 10.9. The molecule has 4 heteroatoms. The lowest BCUT2D eigenvalue weighted by Crippen LogP contribution is -1.88. The second-order valence-electron chi connectivity index (χ2n) is 3.46. The van der Waals surface area contributed by atoms with Crippen molar-refractivity contribution in [3.05, 3.63) is 57.3 Å². The first-order valence-electron chi connectivity index (χ1n) is 4.82. The van der Waals surface area contributed by atoms with Crippen LogP contribution in [0.3, 0.4) is 0 Å². The lowest BCUT2D eigenvalue weighted by molar-refractivity contribution is 0.112. The van der Waals surface area contributed by atoms with E-state index in [1.807, 2.05) is 0 Å². The van der Waals surface area contributed by atoms with E-state index >= 15 is 0 Å². The molecule has 0 aliphatic rings. The van der Waals surface area contributed by atoms with Gasteiger partial charge in [0.25, 0.3) is 0 Å². The molecule has 0 atom stereocenters. The van der Waals surface area contributed by atoms with Gasteiger partial charge in [-0.1, -0.05) is 29.8 Å². The largest absolute Gasteiger partial charge is 0.298 e. The topological polar surface area (TPSA) is 17.1 Å². The fourth-order valence-electron chi connectivity index (χ4n) is 1.53. The Morgan fingerprint density at radius 3 is 2.71 bits per heavy atom. The maximum atomic E-state index is 13.9. The van der Waals surface area contributed by atoms with Crippen molar-refractivity contribution in [3.8, 4) is 11.1 Å². The monoisotopic (exact) mass is 312 g/mol. The number of aldehydes is 1. The van der Waals surface area contributed by atoms with Gasteiger partial charge in [-0.2, -0.15) is 0 Å². The molecule has 0 bridgehead atoms. The van der Waals surface area contributed by atoms with E-state index in [0.717, 1.165) is 0 Å². The molecule has 2 aromatic carbocycles. The normalized spacial score (nSPS) is 10.3. The first kappa shape index (κ1) is 12.3. The molecule has 86 valence electrons. The van der Waals surface area contributed by atoms with Gasteiger partial charge in [0.2, 0.25) is 0 Å². The van der Waals surface area contributed by atoms with Crippen LogP contribution in [0.5, 0.6) is 0 Å². The zero-order chi connectivity index (χ0) is 12.4. The third kappa shape index (κ3) is 2.40. The van der Waals surface area contributed by atoms with Crippen LogP contribution in [-0.4, -0.2) is 6.29 Å². The minimum Gasteiger partial charge on any atom is -0.298 e. The highest BCUT2D eigenvalue weighted by Crippen LogP contribution is 2.29. The molecule has 0 aromatic heterocycles. The van der Waals surface area contributed by atoms with Crippen molar-refractivity contribution in [1.82, 2.24) is 0 Å². The molecule has 0 N–H and O–H groups in total. The van der Waals surface area contributed by atoms with Gasteiger partial charge in [-0.05, 0) is 39.7 Å². The highest BCUT2D eigenvalue weighted by molar-refractivity contribution is 9.10. The van der Waals surface area contributed by atoms with E-state index in [-0.39, 0.29) is 5.82 Å². The summed E-state index contributed by atoms with van der Waals surface area (Å²) < 4.78 is 14.2. The van der Waals surface area contributed by atoms with E-state index in [9.17, 15) is 9.18 Å². The van der Waals surface area contributed by atoms with Crippen molar-refractivity contribution in [2.24, 2.45) is 0 Å². The van der Waals surface area contributed by atoms with E-state index in [1.165, 1.54) is 0 Å². The van der Waals surface area contributed by atoms with Gasteiger partial charge < -0.3 is 0 Å². The molecule has 0 fully saturated rings. The van der Waals surface area contributed by atoms with Crippen LogP contribution in [0, 0.1) is 5.82 Å². The van der Waals surface area contributed by atoms with Gasteiger partial charge in [0, 0.05) is 11.1 Å². The highest BCUT2D eigenvalue weighted by atomic mass is 79.9. The molecule has 0 aliphatic carbocycles. The van der Waals surface area contributed by atoms with Crippen LogP contribution < -0.4 is 0 Å². The predicted octanol–water partition coefficient (Wildman–Crippen LogP) is 4.72. The predicted molar refractivity (Wildman–Crippen MR) is 69.9 cm³/mol. The molecule has 17 heavy (non-hydrogen) atoms. The van der Waals surface area contributed by atoms with Gasteiger partial charge >= 0.3 is 0 Å². The van der Waals surface area contributed by atoms with Crippen molar-refractivity contribution in [2.75, 3.05) is 0 Å². The summed E-state index contributed by atoms with van der Waals surface area (Å²) in [6.45, 7) is 0. The second kappa shape index (κ2) is 4.98. The number of rotatable bonds is 2. The van der Waals surface area contributed by atoms with Crippen LogP contribution in [0.2, 0.25) is 5.02 Å². The van der Waals surface area contributed by atoms with Crippen LogP contribution in [0.4, 0.5) is 4.39 Å². The fourth-order valence-corrected chi connectivity index (χ4v) is 2.06. The summed E-state index contributed by atoms with van der Waals surface area (Å²) in [7, 11) is 0. The second-order valence-corrected chi connectivity index (χ2v) is 4.72. The molecule has 0 heterocycles. The van der Waals surface area contributed by atoms with E-state index in [1.54, 1.807) is 36.4 Å². The number of carbonyl (C=O) groups is 1. The average Bonchev–Trinajstić information content (AvgIpc) is 2.34. The first-order valence-corrected chi connectivity index (χ1v) is 5.99. The Labute approximate surface area is 111 Å². The summed E-state index contributed by atoms with van der Waals surface area (Å²) in [6.07, 6.45) is 0.654. The van der Waals surface area contributed by atoms with Gasteiger partial charge in [0.05, 0.1) is 9.50 Å². The van der Waals surface area contributed by atoms with Gasteiger partial charge in [0.1, 0.15) is 5.82 Å². The van der Waals surface area contributed by atoms with Crippen LogP contribution >= 0.6 is 27.5 Å². The Bertz CT molecular complexity index is 584. The van der Waals surface area contributed by atoms with Gasteiger partial charge in [-0.3, -0.25) is 4.79 Å². The number of hydrogen-bond donors (Lipinski definition) is 0. The molecule has 0 unspecified atom stereocenters. The Morgan fingerprint density at radius 1 is 1.24 bits per heavy atom. The van der Waals surface area contributed by atoms with Crippen LogP contribution in [0.15, 0.2) is 40.9 Å². The van der Waals surface area contributed by atoms with E-state index in [0.29, 0.717) is 32.5 Å². The van der Waals surface area contributed by atoms with Crippen LogP contribution in [-0.2, 0) is 0 Å². The Balaban J connectivity index is 2.61. The maximum absolute atomic E-state index is 13.9. The summed E-state index contributed by atoms with van der Waals surface area (Å²) in [5.74, 6) is -0.355. The third-order valence-electron chi connectivity index (χ3n) is 2.39. The van der Waals surface area contributed by atoms with E-state index in [4.69, 9.17) is 11.6 Å². The molecule has 0 spiro atoms. The number of halogens is 3. The molecule has 0 amide bonds. The summed E-state index contributed by atoms with van der Waals surface area (Å²) in [6, 6.07) is 9.84. The van der Waals surface area contributed by atoms with Crippen LogP contribution in [0.25, 0.3) is 11.1 Å². The van der Waals surface area contributed by atoms with Crippen molar-refractivity contribution < 1.29 is 9.18 Å². The van der Waals surface area contributed by atoms with Crippen molar-refractivity contribution >= 4 is 33.8 Å². The molecule has 0 saturated carbocycles. The van der Waals surface area contributed by atoms with Crippen molar-refractivity contribution in [2.45, 2.75) is 0 Å². The summed E-state index contributed by atoms with van der Waals surface area (Å²) in [5.41, 5.74) is 1.40. The number of carbonyl (C=O) groups excluding carboxylic acids is 1. The zero-order valence-electron chi connectivity index (χ0n) is 8.58. The molecule has 2 rings (SSSR count). The lowest BCUT2D eigenvalue weighted by atomic mass is 10.0. The minimum absolute atomic E-state index is 0.351. The van der Waals surface area contributed by atoms with Gasteiger partial charge in [-0.25, -0.2) is 4.39 Å².